The van der Waals surface area contributed by atoms with Gasteiger partial charge in [0.15, 0.2) is 0 Å². The smallest absolute Gasteiger partial charge is 0.298 e. The van der Waals surface area contributed by atoms with Crippen molar-refractivity contribution in [2.24, 2.45) is 7.05 Å². The maximum Gasteiger partial charge on any atom is 0.298 e. The quantitative estimate of drug-likeness (QED) is 0.742. The molecule has 0 atom stereocenters. The van der Waals surface area contributed by atoms with Crippen LogP contribution in [-0.2, 0) is 18.4 Å². The fourth-order valence-electron chi connectivity index (χ4n) is 1.69. The molecule has 4 heteroatoms. The summed E-state index contributed by atoms with van der Waals surface area (Å²) in [5.74, 6) is 5.34. The molecule has 0 saturated heterocycles. The Morgan fingerprint density at radius 3 is 2.76 bits per heavy atom. The molecule has 92 valence electrons. The number of hydrogen-bond donors (Lipinski definition) is 0. The second-order valence-corrected chi connectivity index (χ2v) is 4.40. The second-order valence-electron chi connectivity index (χ2n) is 4.40. The molecular weight excluding hydrogens is 214 g/mol. The summed E-state index contributed by atoms with van der Waals surface area (Å²) in [6, 6.07) is 0. The van der Waals surface area contributed by atoms with E-state index in [1.54, 1.807) is 23.6 Å². The molecule has 0 unspecified atom stereocenters. The highest BCUT2D eigenvalue weighted by atomic mass is 16.2. The van der Waals surface area contributed by atoms with Crippen LogP contribution in [0.4, 0.5) is 0 Å². The number of carbonyl (C=O) groups is 1. The van der Waals surface area contributed by atoms with Gasteiger partial charge in [0.2, 0.25) is 0 Å². The van der Waals surface area contributed by atoms with Crippen molar-refractivity contribution in [3.63, 3.8) is 0 Å². The molecule has 0 aliphatic rings. The third kappa shape index (κ3) is 3.35. The Labute approximate surface area is 103 Å². The number of rotatable bonds is 3. The van der Waals surface area contributed by atoms with E-state index in [0.717, 1.165) is 11.3 Å². The number of aryl methyl sites for hydroxylation is 1. The molecule has 1 aromatic rings. The van der Waals surface area contributed by atoms with Crippen molar-refractivity contribution in [2.45, 2.75) is 33.2 Å². The minimum atomic E-state index is -0.161. The highest BCUT2D eigenvalue weighted by Crippen LogP contribution is 2.18. The Hall–Kier alpha value is -1.76. The van der Waals surface area contributed by atoms with Gasteiger partial charge >= 0.3 is 0 Å². The monoisotopic (exact) mass is 233 g/mol. The molecule has 1 heterocycles. The number of amides is 1. The Morgan fingerprint density at radius 2 is 2.24 bits per heavy atom. The zero-order chi connectivity index (χ0) is 13.0. The fourth-order valence-corrected chi connectivity index (χ4v) is 1.69. The molecule has 0 aromatic carbocycles. The second kappa shape index (κ2) is 5.53. The average Bonchev–Trinajstić information content (AvgIpc) is 2.60. The van der Waals surface area contributed by atoms with Crippen LogP contribution in [-0.4, -0.2) is 27.6 Å². The van der Waals surface area contributed by atoms with Crippen LogP contribution in [0.25, 0.3) is 0 Å². The molecule has 0 N–H and O–H groups in total. The first-order valence-corrected chi connectivity index (χ1v) is 5.66. The van der Waals surface area contributed by atoms with Gasteiger partial charge in [-0.1, -0.05) is 19.8 Å². The van der Waals surface area contributed by atoms with E-state index >= 15 is 0 Å². The number of nitrogens with zero attached hydrogens (tertiary/aromatic N) is 3. The van der Waals surface area contributed by atoms with Crippen molar-refractivity contribution in [3.8, 4) is 11.8 Å². The van der Waals surface area contributed by atoms with E-state index in [1.807, 2.05) is 13.2 Å². The predicted molar refractivity (Wildman–Crippen MR) is 67.2 cm³/mol. The topological polar surface area (TPSA) is 38.1 Å². The first kappa shape index (κ1) is 13.3. The van der Waals surface area contributed by atoms with Gasteiger partial charge in [-0.05, 0) is 18.8 Å². The zero-order valence-electron chi connectivity index (χ0n) is 11.1. The van der Waals surface area contributed by atoms with E-state index in [2.05, 4.69) is 30.8 Å². The van der Waals surface area contributed by atoms with Gasteiger partial charge in [0.1, 0.15) is 0 Å². The average molecular weight is 233 g/mol. The predicted octanol–water partition coefficient (Wildman–Crippen LogP) is 1.53. The summed E-state index contributed by atoms with van der Waals surface area (Å²) in [4.78, 5) is 13.2. The van der Waals surface area contributed by atoms with Crippen LogP contribution in [0.1, 0.15) is 37.9 Å². The maximum atomic E-state index is 11.6. The Kier molecular flexibility index (Phi) is 4.33. The molecule has 1 rings (SSSR count). The standard InChI is InChI=1S/C13H19N3O/c1-6-7-12(17)15(4)8-11-9-16(5)14-13(11)10(2)3/h9-10H,8H2,1-5H3. The van der Waals surface area contributed by atoms with Gasteiger partial charge in [0, 0.05) is 32.4 Å². The first-order chi connectivity index (χ1) is 7.95. The molecule has 17 heavy (non-hydrogen) atoms. The van der Waals surface area contributed by atoms with Gasteiger partial charge < -0.3 is 4.90 Å². The fraction of sp³-hybridized carbons (Fsp3) is 0.538. The third-order valence-corrected chi connectivity index (χ3v) is 2.47. The van der Waals surface area contributed by atoms with E-state index in [9.17, 15) is 4.79 Å². The molecule has 0 spiro atoms. The van der Waals surface area contributed by atoms with Crippen LogP contribution >= 0.6 is 0 Å². The lowest BCUT2D eigenvalue weighted by molar-refractivity contribution is -0.124. The molecule has 0 aliphatic heterocycles. The number of aromatic nitrogens is 2. The molecule has 4 nitrogen and oxygen atoms in total. The summed E-state index contributed by atoms with van der Waals surface area (Å²) in [7, 11) is 3.65. The van der Waals surface area contributed by atoms with E-state index in [1.165, 1.54) is 0 Å². The van der Waals surface area contributed by atoms with Gasteiger partial charge in [-0.15, -0.1) is 0 Å². The van der Waals surface area contributed by atoms with Crippen molar-refractivity contribution in [3.05, 3.63) is 17.5 Å². The van der Waals surface area contributed by atoms with Crippen molar-refractivity contribution >= 4 is 5.91 Å². The molecule has 0 aliphatic carbocycles. The van der Waals surface area contributed by atoms with Crippen LogP contribution in [0.5, 0.6) is 0 Å². The molecular formula is C13H19N3O. The first-order valence-electron chi connectivity index (χ1n) is 5.66. The van der Waals surface area contributed by atoms with Gasteiger partial charge in [-0.3, -0.25) is 9.48 Å². The van der Waals surface area contributed by atoms with Crippen LogP contribution < -0.4 is 0 Å². The lowest BCUT2D eigenvalue weighted by Crippen LogP contribution is -2.25. The maximum absolute atomic E-state index is 11.6. The Bertz CT molecular complexity index is 463. The SMILES string of the molecule is CC#CC(=O)N(C)Cc1cn(C)nc1C(C)C. The summed E-state index contributed by atoms with van der Waals surface area (Å²) in [5.41, 5.74) is 2.12. The minimum absolute atomic E-state index is 0.161. The molecule has 0 radical (unpaired) electrons. The van der Waals surface area contributed by atoms with Gasteiger partial charge in [0.25, 0.3) is 5.91 Å². The minimum Gasteiger partial charge on any atom is -0.331 e. The van der Waals surface area contributed by atoms with E-state index in [0.29, 0.717) is 12.5 Å². The Balaban J connectivity index is 2.86. The molecule has 1 amide bonds. The largest absolute Gasteiger partial charge is 0.331 e. The molecule has 0 fully saturated rings. The normalized spacial score (nSPS) is 10.0. The zero-order valence-corrected chi connectivity index (χ0v) is 11.1. The van der Waals surface area contributed by atoms with E-state index in [-0.39, 0.29) is 5.91 Å². The summed E-state index contributed by atoms with van der Waals surface area (Å²) in [6.07, 6.45) is 1.96. The summed E-state index contributed by atoms with van der Waals surface area (Å²) < 4.78 is 1.79. The van der Waals surface area contributed by atoms with Crippen molar-refractivity contribution < 1.29 is 4.79 Å². The van der Waals surface area contributed by atoms with E-state index in [4.69, 9.17) is 0 Å². The van der Waals surface area contributed by atoms with Crippen LogP contribution in [0.2, 0.25) is 0 Å². The summed E-state index contributed by atoms with van der Waals surface area (Å²) in [5, 5.41) is 4.41. The summed E-state index contributed by atoms with van der Waals surface area (Å²) in [6.45, 7) is 6.41. The lowest BCUT2D eigenvalue weighted by Gasteiger charge is -2.14. The van der Waals surface area contributed by atoms with Crippen LogP contribution in [0, 0.1) is 11.8 Å². The number of hydrogen-bond acceptors (Lipinski definition) is 2. The molecule has 0 bridgehead atoms. The van der Waals surface area contributed by atoms with Crippen molar-refractivity contribution in [1.29, 1.82) is 0 Å². The Morgan fingerprint density at radius 1 is 1.59 bits per heavy atom. The van der Waals surface area contributed by atoms with Crippen LogP contribution in [0.3, 0.4) is 0 Å². The van der Waals surface area contributed by atoms with Gasteiger partial charge in [0.05, 0.1) is 5.69 Å². The molecule has 1 aromatic heterocycles. The van der Waals surface area contributed by atoms with Gasteiger partial charge in [-0.25, -0.2) is 0 Å². The summed E-state index contributed by atoms with van der Waals surface area (Å²) >= 11 is 0. The third-order valence-electron chi connectivity index (χ3n) is 2.47. The highest BCUT2D eigenvalue weighted by molar-refractivity contribution is 5.93. The van der Waals surface area contributed by atoms with Crippen molar-refractivity contribution in [2.75, 3.05) is 7.05 Å². The van der Waals surface area contributed by atoms with Crippen LogP contribution in [0.15, 0.2) is 6.20 Å². The molecule has 0 saturated carbocycles. The van der Waals surface area contributed by atoms with Gasteiger partial charge in [-0.2, -0.15) is 5.10 Å². The highest BCUT2D eigenvalue weighted by Gasteiger charge is 2.14. The number of carbonyl (C=O) groups excluding carboxylic acids is 1. The van der Waals surface area contributed by atoms with E-state index < -0.39 is 0 Å². The van der Waals surface area contributed by atoms with Crippen molar-refractivity contribution in [1.82, 2.24) is 14.7 Å². The lowest BCUT2D eigenvalue weighted by atomic mass is 10.1.